The van der Waals surface area contributed by atoms with E-state index in [4.69, 9.17) is 10.2 Å². The number of β-amino-alcohol motifs (C(OH)–C–C–N with tert-alkyl or cyclic N) is 1. The van der Waals surface area contributed by atoms with Gasteiger partial charge in [0, 0.05) is 13.1 Å². The third-order valence-corrected chi connectivity index (χ3v) is 4.86. The van der Waals surface area contributed by atoms with Gasteiger partial charge in [0.2, 0.25) is 10.0 Å². The van der Waals surface area contributed by atoms with Gasteiger partial charge in [0.1, 0.15) is 0 Å². The van der Waals surface area contributed by atoms with Crippen molar-refractivity contribution in [3.63, 3.8) is 0 Å². The number of aliphatic hydroxyl groups is 1. The molecule has 0 aliphatic carbocycles. The number of carboxylic acid groups (broad SMARTS) is 1. The molecule has 0 amide bonds. The Bertz CT molecular complexity index is 589. The molecule has 1 aliphatic heterocycles. The number of aliphatic hydroxyl groups excluding tert-OH is 1. The largest absolute Gasteiger partial charge is 0.478 e. The average Bonchev–Trinajstić information content (AvgIpc) is 2.24. The minimum atomic E-state index is -3.71. The summed E-state index contributed by atoms with van der Waals surface area (Å²) >= 11 is 0. The molecule has 18 heavy (non-hydrogen) atoms. The third kappa shape index (κ3) is 2.12. The standard InChI is InChI=1S/C11H13NO5S/c1-7-2-3-8(11(14)15)4-10(7)18(16,17)12-5-9(13)6-12/h2-4,9,13H,5-6H2,1H3,(H,14,15). The summed E-state index contributed by atoms with van der Waals surface area (Å²) in [6.07, 6.45) is -0.636. The van der Waals surface area contributed by atoms with Gasteiger partial charge in [-0.1, -0.05) is 6.07 Å². The summed E-state index contributed by atoms with van der Waals surface area (Å²) in [6.45, 7) is 1.72. The quantitative estimate of drug-likeness (QED) is 0.810. The molecular weight excluding hydrogens is 258 g/mol. The van der Waals surface area contributed by atoms with Crippen molar-refractivity contribution in [2.24, 2.45) is 0 Å². The van der Waals surface area contributed by atoms with Gasteiger partial charge in [-0.2, -0.15) is 4.31 Å². The van der Waals surface area contributed by atoms with Crippen LogP contribution in [0.4, 0.5) is 0 Å². The molecule has 2 rings (SSSR count). The number of hydrogen-bond donors (Lipinski definition) is 2. The van der Waals surface area contributed by atoms with E-state index in [2.05, 4.69) is 0 Å². The van der Waals surface area contributed by atoms with Crippen LogP contribution in [0.3, 0.4) is 0 Å². The van der Waals surface area contributed by atoms with Crippen LogP contribution in [0, 0.1) is 6.92 Å². The average molecular weight is 271 g/mol. The van der Waals surface area contributed by atoms with E-state index < -0.39 is 22.1 Å². The normalized spacial score (nSPS) is 17.4. The predicted molar refractivity (Wildman–Crippen MR) is 62.9 cm³/mol. The zero-order valence-electron chi connectivity index (χ0n) is 9.70. The summed E-state index contributed by atoms with van der Waals surface area (Å²) in [6, 6.07) is 3.98. The van der Waals surface area contributed by atoms with Crippen LogP contribution in [0.5, 0.6) is 0 Å². The van der Waals surface area contributed by atoms with Crippen molar-refractivity contribution in [3.05, 3.63) is 29.3 Å². The highest BCUT2D eigenvalue weighted by molar-refractivity contribution is 7.89. The van der Waals surface area contributed by atoms with E-state index in [1.165, 1.54) is 12.1 Å². The highest BCUT2D eigenvalue weighted by atomic mass is 32.2. The number of sulfonamides is 1. The highest BCUT2D eigenvalue weighted by Crippen LogP contribution is 2.25. The molecule has 2 N–H and O–H groups in total. The maximum atomic E-state index is 12.2. The Morgan fingerprint density at radius 3 is 2.50 bits per heavy atom. The Labute approximate surface area is 105 Å². The zero-order chi connectivity index (χ0) is 13.5. The lowest BCUT2D eigenvalue weighted by Crippen LogP contribution is -2.53. The smallest absolute Gasteiger partial charge is 0.335 e. The van der Waals surface area contributed by atoms with Gasteiger partial charge < -0.3 is 10.2 Å². The van der Waals surface area contributed by atoms with Crippen LogP contribution < -0.4 is 0 Å². The second-order valence-electron chi connectivity index (χ2n) is 4.26. The number of aromatic carboxylic acids is 1. The van der Waals surface area contributed by atoms with E-state index in [9.17, 15) is 13.2 Å². The lowest BCUT2D eigenvalue weighted by Gasteiger charge is -2.34. The predicted octanol–water partition coefficient (Wildman–Crippen LogP) is 0.0584. The van der Waals surface area contributed by atoms with Crippen molar-refractivity contribution < 1.29 is 23.4 Å². The third-order valence-electron chi connectivity index (χ3n) is 2.88. The van der Waals surface area contributed by atoms with Gasteiger partial charge in [0.05, 0.1) is 16.6 Å². The lowest BCUT2D eigenvalue weighted by molar-refractivity contribution is 0.0547. The molecule has 0 radical (unpaired) electrons. The molecule has 1 heterocycles. The van der Waals surface area contributed by atoms with E-state index >= 15 is 0 Å². The molecule has 1 aliphatic rings. The first-order chi connectivity index (χ1) is 8.32. The fraction of sp³-hybridized carbons (Fsp3) is 0.364. The summed E-state index contributed by atoms with van der Waals surface area (Å²) in [5.74, 6) is -1.17. The van der Waals surface area contributed by atoms with Gasteiger partial charge in [0.15, 0.2) is 0 Å². The molecule has 0 aromatic heterocycles. The van der Waals surface area contributed by atoms with Crippen LogP contribution >= 0.6 is 0 Å². The van der Waals surface area contributed by atoms with E-state index in [1.54, 1.807) is 6.92 Å². The number of carboxylic acids is 1. The van der Waals surface area contributed by atoms with Crippen molar-refractivity contribution >= 4 is 16.0 Å². The molecule has 1 fully saturated rings. The van der Waals surface area contributed by atoms with Crippen LogP contribution in [-0.4, -0.2) is 48.1 Å². The van der Waals surface area contributed by atoms with Crippen LogP contribution in [0.15, 0.2) is 23.1 Å². The fourth-order valence-electron chi connectivity index (χ4n) is 1.76. The van der Waals surface area contributed by atoms with Gasteiger partial charge in [-0.25, -0.2) is 13.2 Å². The van der Waals surface area contributed by atoms with Crippen LogP contribution in [0.25, 0.3) is 0 Å². The maximum absolute atomic E-state index is 12.2. The maximum Gasteiger partial charge on any atom is 0.335 e. The minimum absolute atomic E-state index is 0.0192. The monoisotopic (exact) mass is 271 g/mol. The van der Waals surface area contributed by atoms with Gasteiger partial charge in [-0.05, 0) is 24.6 Å². The summed E-state index contributed by atoms with van der Waals surface area (Å²) in [5.41, 5.74) is 0.418. The molecule has 1 aromatic carbocycles. The second kappa shape index (κ2) is 4.34. The van der Waals surface area contributed by atoms with E-state index in [1.807, 2.05) is 0 Å². The Morgan fingerprint density at radius 2 is 2.00 bits per heavy atom. The number of hydrogen-bond acceptors (Lipinski definition) is 4. The highest BCUT2D eigenvalue weighted by Gasteiger charge is 2.36. The van der Waals surface area contributed by atoms with E-state index in [0.717, 1.165) is 10.4 Å². The van der Waals surface area contributed by atoms with Gasteiger partial charge in [-0.3, -0.25) is 0 Å². The summed E-state index contributed by atoms with van der Waals surface area (Å²) in [5, 5.41) is 18.0. The van der Waals surface area contributed by atoms with Gasteiger partial charge in [0.25, 0.3) is 0 Å². The van der Waals surface area contributed by atoms with Crippen LogP contribution in [-0.2, 0) is 10.0 Å². The minimum Gasteiger partial charge on any atom is -0.478 e. The SMILES string of the molecule is Cc1ccc(C(=O)O)cc1S(=O)(=O)N1CC(O)C1. The Morgan fingerprint density at radius 1 is 1.39 bits per heavy atom. The summed E-state index contributed by atoms with van der Waals surface area (Å²) < 4.78 is 25.5. The second-order valence-corrected chi connectivity index (χ2v) is 6.17. The zero-order valence-corrected chi connectivity index (χ0v) is 10.5. The molecule has 0 unspecified atom stereocenters. The Hall–Kier alpha value is -1.44. The fourth-order valence-corrected chi connectivity index (χ4v) is 3.53. The molecule has 0 spiro atoms. The van der Waals surface area contributed by atoms with Gasteiger partial charge in [-0.15, -0.1) is 0 Å². The number of carbonyl (C=O) groups is 1. The number of rotatable bonds is 3. The van der Waals surface area contributed by atoms with E-state index in [0.29, 0.717) is 5.56 Å². The van der Waals surface area contributed by atoms with Crippen molar-refractivity contribution in [2.45, 2.75) is 17.9 Å². The van der Waals surface area contributed by atoms with Crippen LogP contribution in [0.1, 0.15) is 15.9 Å². The van der Waals surface area contributed by atoms with Crippen LogP contribution in [0.2, 0.25) is 0 Å². The Balaban J connectivity index is 2.44. The first kappa shape index (κ1) is 13.0. The Kier molecular flexibility index (Phi) is 3.14. The van der Waals surface area contributed by atoms with Crippen molar-refractivity contribution in [1.82, 2.24) is 4.31 Å². The number of nitrogens with zero attached hydrogens (tertiary/aromatic N) is 1. The van der Waals surface area contributed by atoms with Crippen molar-refractivity contribution in [1.29, 1.82) is 0 Å². The molecule has 0 atom stereocenters. The summed E-state index contributed by atoms with van der Waals surface area (Å²) in [4.78, 5) is 10.8. The molecule has 98 valence electrons. The van der Waals surface area contributed by atoms with E-state index in [-0.39, 0.29) is 23.5 Å². The molecule has 1 aromatic rings. The molecule has 1 saturated heterocycles. The molecular formula is C11H13NO5S. The first-order valence-corrected chi connectivity index (χ1v) is 6.78. The van der Waals surface area contributed by atoms with Crippen molar-refractivity contribution in [2.75, 3.05) is 13.1 Å². The molecule has 7 heteroatoms. The summed E-state index contributed by atoms with van der Waals surface area (Å²) in [7, 11) is -3.71. The molecule has 0 saturated carbocycles. The number of benzene rings is 1. The topological polar surface area (TPSA) is 94.9 Å². The lowest BCUT2D eigenvalue weighted by atomic mass is 10.1. The van der Waals surface area contributed by atoms with Crippen molar-refractivity contribution in [3.8, 4) is 0 Å². The number of aryl methyl sites for hydroxylation is 1. The van der Waals surface area contributed by atoms with Gasteiger partial charge >= 0.3 is 5.97 Å². The first-order valence-electron chi connectivity index (χ1n) is 5.34. The molecule has 6 nitrogen and oxygen atoms in total. The molecule has 0 bridgehead atoms.